The van der Waals surface area contributed by atoms with Crippen molar-refractivity contribution < 1.29 is 9.84 Å². The quantitative estimate of drug-likeness (QED) is 0.852. The minimum absolute atomic E-state index is 0.144. The lowest BCUT2D eigenvalue weighted by atomic mass is 10.1. The van der Waals surface area contributed by atoms with E-state index in [9.17, 15) is 5.11 Å². The fourth-order valence-corrected chi connectivity index (χ4v) is 1.58. The van der Waals surface area contributed by atoms with Gasteiger partial charge in [-0.3, -0.25) is 0 Å². The zero-order chi connectivity index (χ0) is 13.1. The maximum atomic E-state index is 9.65. The van der Waals surface area contributed by atoms with Crippen LogP contribution in [0.2, 0.25) is 5.02 Å². The number of nitrogens with one attached hydrogen (secondary N) is 1. The minimum Gasteiger partial charge on any atom is -0.490 e. The summed E-state index contributed by atoms with van der Waals surface area (Å²) < 4.78 is 5.63. The van der Waals surface area contributed by atoms with Gasteiger partial charge in [0.1, 0.15) is 12.4 Å². The molecule has 96 valence electrons. The van der Waals surface area contributed by atoms with E-state index in [2.05, 4.69) is 5.32 Å². The van der Waals surface area contributed by atoms with E-state index >= 15 is 0 Å². The highest BCUT2D eigenvalue weighted by Gasteiger charge is 2.16. The molecule has 0 amide bonds. The molecule has 1 aromatic rings. The summed E-state index contributed by atoms with van der Waals surface area (Å²) in [5.41, 5.74) is 0.143. The molecule has 2 N–H and O–H groups in total. The predicted molar refractivity (Wildman–Crippen MR) is 70.7 cm³/mol. The summed E-state index contributed by atoms with van der Waals surface area (Å²) in [6.45, 7) is 5.70. The molecule has 0 saturated heterocycles. The lowest BCUT2D eigenvalue weighted by Crippen LogP contribution is -2.28. The van der Waals surface area contributed by atoms with Crippen molar-refractivity contribution in [2.45, 2.75) is 32.4 Å². The molecule has 0 radical (unpaired) electrons. The molecule has 17 heavy (non-hydrogen) atoms. The van der Waals surface area contributed by atoms with Gasteiger partial charge in [-0.05, 0) is 46.0 Å². The molecule has 0 aliphatic heterocycles. The SMILES string of the molecule is CNC(C)c1cc(Cl)ccc1OCC(C)(C)O. The molecule has 3 nitrogen and oxygen atoms in total. The molecular formula is C13H20ClNO2. The van der Waals surface area contributed by atoms with Crippen molar-refractivity contribution in [1.29, 1.82) is 0 Å². The van der Waals surface area contributed by atoms with Crippen molar-refractivity contribution >= 4 is 11.6 Å². The summed E-state index contributed by atoms with van der Waals surface area (Å²) in [6.07, 6.45) is 0. The molecule has 0 aliphatic rings. The van der Waals surface area contributed by atoms with Crippen LogP contribution in [-0.4, -0.2) is 24.4 Å². The van der Waals surface area contributed by atoms with E-state index in [-0.39, 0.29) is 12.6 Å². The minimum atomic E-state index is -0.847. The molecule has 0 heterocycles. The second-order valence-corrected chi connectivity index (χ2v) is 5.23. The molecule has 4 heteroatoms. The van der Waals surface area contributed by atoms with Gasteiger partial charge >= 0.3 is 0 Å². The highest BCUT2D eigenvalue weighted by atomic mass is 35.5. The van der Waals surface area contributed by atoms with Gasteiger partial charge in [-0.2, -0.15) is 0 Å². The molecule has 1 unspecified atom stereocenters. The zero-order valence-corrected chi connectivity index (χ0v) is 11.5. The molecule has 1 atom stereocenters. The average molecular weight is 258 g/mol. The van der Waals surface area contributed by atoms with E-state index in [0.29, 0.717) is 5.02 Å². The summed E-state index contributed by atoms with van der Waals surface area (Å²) >= 11 is 5.98. The van der Waals surface area contributed by atoms with E-state index in [4.69, 9.17) is 16.3 Å². The van der Waals surface area contributed by atoms with Crippen LogP contribution in [0.4, 0.5) is 0 Å². The van der Waals surface area contributed by atoms with E-state index < -0.39 is 5.60 Å². The first-order valence-electron chi connectivity index (χ1n) is 5.65. The van der Waals surface area contributed by atoms with Crippen molar-refractivity contribution in [3.05, 3.63) is 28.8 Å². The monoisotopic (exact) mass is 257 g/mol. The van der Waals surface area contributed by atoms with E-state index in [1.807, 2.05) is 26.1 Å². The first-order valence-corrected chi connectivity index (χ1v) is 6.03. The number of halogens is 1. The maximum absolute atomic E-state index is 9.65. The standard InChI is InChI=1S/C13H20ClNO2/c1-9(15-4)11-7-10(14)5-6-12(11)17-8-13(2,3)16/h5-7,9,15-16H,8H2,1-4H3. The molecule has 0 fully saturated rings. The van der Waals surface area contributed by atoms with Crippen LogP contribution < -0.4 is 10.1 Å². The first-order chi connectivity index (χ1) is 7.83. The Bertz CT molecular complexity index is 374. The van der Waals surface area contributed by atoms with Crippen molar-refractivity contribution in [2.75, 3.05) is 13.7 Å². The van der Waals surface area contributed by atoms with Crippen LogP contribution >= 0.6 is 11.6 Å². The molecule has 0 aliphatic carbocycles. The van der Waals surface area contributed by atoms with Crippen LogP contribution in [0.3, 0.4) is 0 Å². The molecule has 1 aromatic carbocycles. The molecule has 0 bridgehead atoms. The number of rotatable bonds is 5. The Morgan fingerprint density at radius 2 is 2.12 bits per heavy atom. The normalized spacial score (nSPS) is 13.5. The number of aliphatic hydroxyl groups is 1. The van der Waals surface area contributed by atoms with Crippen LogP contribution in [-0.2, 0) is 0 Å². The van der Waals surface area contributed by atoms with Gasteiger partial charge in [0, 0.05) is 16.6 Å². The second-order valence-electron chi connectivity index (χ2n) is 4.79. The molecule has 0 aromatic heterocycles. The molecule has 0 spiro atoms. The van der Waals surface area contributed by atoms with Crippen LogP contribution in [0, 0.1) is 0 Å². The van der Waals surface area contributed by atoms with Gasteiger partial charge in [-0.25, -0.2) is 0 Å². The zero-order valence-electron chi connectivity index (χ0n) is 10.7. The Hall–Kier alpha value is -0.770. The van der Waals surface area contributed by atoms with Gasteiger partial charge in [0.15, 0.2) is 0 Å². The third-order valence-electron chi connectivity index (χ3n) is 2.45. The lowest BCUT2D eigenvalue weighted by molar-refractivity contribution is 0.0280. The van der Waals surface area contributed by atoms with E-state index in [1.165, 1.54) is 0 Å². The van der Waals surface area contributed by atoms with Gasteiger partial charge < -0.3 is 15.2 Å². The number of hydrogen-bond acceptors (Lipinski definition) is 3. The van der Waals surface area contributed by atoms with Gasteiger partial charge in [-0.1, -0.05) is 11.6 Å². The van der Waals surface area contributed by atoms with Crippen LogP contribution in [0.1, 0.15) is 32.4 Å². The second kappa shape index (κ2) is 5.71. The predicted octanol–water partition coefficient (Wildman–Crippen LogP) is 2.77. The van der Waals surface area contributed by atoms with Crippen LogP contribution in [0.15, 0.2) is 18.2 Å². The Morgan fingerprint density at radius 3 is 2.65 bits per heavy atom. The van der Waals surface area contributed by atoms with E-state index in [1.54, 1.807) is 19.9 Å². The van der Waals surface area contributed by atoms with Gasteiger partial charge in [0.05, 0.1) is 5.60 Å². The summed E-state index contributed by atoms with van der Waals surface area (Å²) in [5.74, 6) is 0.748. The third kappa shape index (κ3) is 4.54. The topological polar surface area (TPSA) is 41.5 Å². The first kappa shape index (κ1) is 14.3. The fraction of sp³-hybridized carbons (Fsp3) is 0.538. The number of benzene rings is 1. The van der Waals surface area contributed by atoms with Crippen molar-refractivity contribution in [2.24, 2.45) is 0 Å². The van der Waals surface area contributed by atoms with E-state index in [0.717, 1.165) is 11.3 Å². The van der Waals surface area contributed by atoms with Crippen molar-refractivity contribution in [1.82, 2.24) is 5.32 Å². The molecule has 1 rings (SSSR count). The molecule has 0 saturated carbocycles. The van der Waals surface area contributed by atoms with Crippen molar-refractivity contribution in [3.8, 4) is 5.75 Å². The number of ether oxygens (including phenoxy) is 1. The largest absolute Gasteiger partial charge is 0.490 e. The summed E-state index contributed by atoms with van der Waals surface area (Å²) in [6, 6.07) is 5.64. The molecular weight excluding hydrogens is 238 g/mol. The van der Waals surface area contributed by atoms with Gasteiger partial charge in [0.25, 0.3) is 0 Å². The van der Waals surface area contributed by atoms with Crippen molar-refractivity contribution in [3.63, 3.8) is 0 Å². The van der Waals surface area contributed by atoms with Gasteiger partial charge in [0.2, 0.25) is 0 Å². The Balaban J connectivity index is 2.90. The summed E-state index contributed by atoms with van der Waals surface area (Å²) in [7, 11) is 1.88. The Labute approximate surface area is 108 Å². The fourth-order valence-electron chi connectivity index (χ4n) is 1.40. The highest BCUT2D eigenvalue weighted by molar-refractivity contribution is 6.30. The summed E-state index contributed by atoms with van der Waals surface area (Å²) in [4.78, 5) is 0. The maximum Gasteiger partial charge on any atom is 0.124 e. The smallest absolute Gasteiger partial charge is 0.124 e. The average Bonchev–Trinajstić information content (AvgIpc) is 2.25. The highest BCUT2D eigenvalue weighted by Crippen LogP contribution is 2.28. The lowest BCUT2D eigenvalue weighted by Gasteiger charge is -2.21. The Morgan fingerprint density at radius 1 is 1.47 bits per heavy atom. The Kier molecular flexibility index (Phi) is 4.80. The van der Waals surface area contributed by atoms with Crippen LogP contribution in [0.5, 0.6) is 5.75 Å². The van der Waals surface area contributed by atoms with Crippen LogP contribution in [0.25, 0.3) is 0 Å². The number of hydrogen-bond donors (Lipinski definition) is 2. The summed E-state index contributed by atoms with van der Waals surface area (Å²) in [5, 5.41) is 13.5. The van der Waals surface area contributed by atoms with Gasteiger partial charge in [-0.15, -0.1) is 0 Å². The third-order valence-corrected chi connectivity index (χ3v) is 2.69.